The van der Waals surface area contributed by atoms with Gasteiger partial charge in [0.15, 0.2) is 6.29 Å². The molecular formula is C27H29NaO9S. The maximum absolute atomic E-state index is 11.6. The van der Waals surface area contributed by atoms with Gasteiger partial charge in [0.2, 0.25) is 10.4 Å². The average molecular weight is 553 g/mol. The fourth-order valence-electron chi connectivity index (χ4n) is 4.06. The minimum atomic E-state index is -5.16. The van der Waals surface area contributed by atoms with Crippen LogP contribution in [0.5, 0.6) is 0 Å². The third-order valence-electron chi connectivity index (χ3n) is 5.83. The number of ether oxygens (including phenoxy) is 4. The van der Waals surface area contributed by atoms with Gasteiger partial charge in [0, 0.05) is 0 Å². The molecule has 0 aromatic heterocycles. The Morgan fingerprint density at radius 1 is 0.684 bits per heavy atom. The van der Waals surface area contributed by atoms with Crippen LogP contribution in [0.15, 0.2) is 91.0 Å². The Morgan fingerprint density at radius 3 is 1.53 bits per heavy atom. The Morgan fingerprint density at radius 2 is 1.11 bits per heavy atom. The summed E-state index contributed by atoms with van der Waals surface area (Å²) in [5, 5.41) is 10.0. The standard InChI is InChI=1S/C27H30O9S.Na/c28-16-23-24(36-37(29,30)31)25(32-17-20-10-4-1-5-11-20)26(33-18-21-12-6-2-7-13-21)27(35-23)34-19-22-14-8-3-9-15-22;/h1-15,23-28H,16-19H2,(H,29,30,31);/q;+1/p-1/t23-,24+,25+,26-,27-;/m1./s1. The summed E-state index contributed by atoms with van der Waals surface area (Å²) in [6, 6.07) is 27.9. The predicted molar refractivity (Wildman–Crippen MR) is 132 cm³/mol. The fraction of sp³-hybridized carbons (Fsp3) is 0.333. The molecule has 0 amide bonds. The molecule has 4 rings (SSSR count). The summed E-state index contributed by atoms with van der Waals surface area (Å²) in [5.74, 6) is 0. The van der Waals surface area contributed by atoms with Gasteiger partial charge in [-0.25, -0.2) is 8.42 Å². The summed E-state index contributed by atoms with van der Waals surface area (Å²) in [4.78, 5) is 0. The van der Waals surface area contributed by atoms with Crippen LogP contribution in [0.1, 0.15) is 16.7 Å². The first kappa shape index (κ1) is 30.9. The molecule has 3 aromatic rings. The van der Waals surface area contributed by atoms with E-state index < -0.39 is 47.7 Å². The molecule has 38 heavy (non-hydrogen) atoms. The Hall–Kier alpha value is -1.67. The second-order valence-corrected chi connectivity index (χ2v) is 9.52. The summed E-state index contributed by atoms with van der Waals surface area (Å²) in [6.07, 6.45) is -5.87. The molecule has 0 aliphatic carbocycles. The van der Waals surface area contributed by atoms with Crippen LogP contribution in [0.2, 0.25) is 0 Å². The predicted octanol–water partition coefficient (Wildman–Crippen LogP) is -0.0594. The van der Waals surface area contributed by atoms with Crippen LogP contribution < -0.4 is 29.6 Å². The number of aliphatic hydroxyl groups is 1. The third kappa shape index (κ3) is 9.22. The molecule has 1 heterocycles. The first-order valence-corrected chi connectivity index (χ1v) is 13.1. The van der Waals surface area contributed by atoms with Gasteiger partial charge < -0.3 is 28.6 Å². The summed E-state index contributed by atoms with van der Waals surface area (Å²) in [6.45, 7) is -0.279. The molecule has 0 bridgehead atoms. The maximum atomic E-state index is 11.6. The van der Waals surface area contributed by atoms with E-state index in [1.807, 2.05) is 91.0 Å². The first-order chi connectivity index (χ1) is 17.9. The number of rotatable bonds is 12. The van der Waals surface area contributed by atoms with Crippen molar-refractivity contribution in [2.45, 2.75) is 50.5 Å². The van der Waals surface area contributed by atoms with Crippen LogP contribution in [0.25, 0.3) is 0 Å². The van der Waals surface area contributed by atoms with Gasteiger partial charge in [-0.05, 0) is 16.7 Å². The van der Waals surface area contributed by atoms with Crippen LogP contribution in [0.3, 0.4) is 0 Å². The van der Waals surface area contributed by atoms with Crippen molar-refractivity contribution in [2.24, 2.45) is 0 Å². The van der Waals surface area contributed by atoms with E-state index in [2.05, 4.69) is 0 Å². The Kier molecular flexibility index (Phi) is 12.4. The number of aliphatic hydroxyl groups excluding tert-OH is 1. The second-order valence-electron chi connectivity index (χ2n) is 8.51. The summed E-state index contributed by atoms with van der Waals surface area (Å²) < 4.78 is 63.9. The monoisotopic (exact) mass is 552 g/mol. The third-order valence-corrected chi connectivity index (χ3v) is 6.29. The van der Waals surface area contributed by atoms with Gasteiger partial charge in [-0.2, -0.15) is 0 Å². The van der Waals surface area contributed by atoms with Crippen molar-refractivity contribution >= 4 is 10.4 Å². The van der Waals surface area contributed by atoms with E-state index in [4.69, 9.17) is 23.1 Å². The van der Waals surface area contributed by atoms with E-state index in [0.29, 0.717) is 0 Å². The number of hydrogen-bond donors (Lipinski definition) is 1. The smallest absolute Gasteiger partial charge is 0.726 e. The molecule has 0 unspecified atom stereocenters. The largest absolute Gasteiger partial charge is 1.00 e. The van der Waals surface area contributed by atoms with E-state index >= 15 is 0 Å². The molecule has 0 spiro atoms. The molecule has 1 aliphatic heterocycles. The topological polar surface area (TPSA) is 124 Å². The molecule has 1 saturated heterocycles. The Balaban J connectivity index is 0.00000400. The van der Waals surface area contributed by atoms with Crippen molar-refractivity contribution in [1.29, 1.82) is 0 Å². The van der Waals surface area contributed by atoms with Crippen LogP contribution in [0, 0.1) is 0 Å². The van der Waals surface area contributed by atoms with Gasteiger partial charge >= 0.3 is 29.6 Å². The van der Waals surface area contributed by atoms with Crippen molar-refractivity contribution in [3.8, 4) is 0 Å². The minimum Gasteiger partial charge on any atom is -0.726 e. The maximum Gasteiger partial charge on any atom is 1.00 e. The van der Waals surface area contributed by atoms with Crippen molar-refractivity contribution in [3.63, 3.8) is 0 Å². The molecule has 3 aromatic carbocycles. The van der Waals surface area contributed by atoms with E-state index in [1.165, 1.54) is 0 Å². The van der Waals surface area contributed by atoms with Crippen molar-refractivity contribution < 1.29 is 70.8 Å². The molecule has 11 heteroatoms. The van der Waals surface area contributed by atoms with Crippen molar-refractivity contribution in [2.75, 3.05) is 6.61 Å². The fourth-order valence-corrected chi connectivity index (χ4v) is 4.57. The van der Waals surface area contributed by atoms with Gasteiger partial charge in [0.25, 0.3) is 0 Å². The van der Waals surface area contributed by atoms with Crippen molar-refractivity contribution in [1.82, 2.24) is 0 Å². The summed E-state index contributed by atoms with van der Waals surface area (Å²) in [7, 11) is -5.16. The van der Waals surface area contributed by atoms with Crippen LogP contribution in [-0.2, 0) is 53.4 Å². The molecule has 198 valence electrons. The molecule has 0 radical (unpaired) electrons. The summed E-state index contributed by atoms with van der Waals surface area (Å²) >= 11 is 0. The van der Waals surface area contributed by atoms with Gasteiger partial charge in [-0.1, -0.05) is 91.0 Å². The van der Waals surface area contributed by atoms with Crippen LogP contribution >= 0.6 is 0 Å². The molecule has 1 fully saturated rings. The molecule has 1 N–H and O–H groups in total. The van der Waals surface area contributed by atoms with Gasteiger partial charge in [-0.15, -0.1) is 0 Å². The average Bonchev–Trinajstić information content (AvgIpc) is 2.91. The molecule has 5 atom stereocenters. The Bertz CT molecular complexity index is 1180. The summed E-state index contributed by atoms with van der Waals surface area (Å²) in [5.41, 5.74) is 2.53. The van der Waals surface area contributed by atoms with E-state index in [0.717, 1.165) is 16.7 Å². The van der Waals surface area contributed by atoms with Crippen LogP contribution in [-0.4, -0.2) is 55.4 Å². The zero-order valence-electron chi connectivity index (χ0n) is 21.0. The van der Waals surface area contributed by atoms with Gasteiger partial charge in [-0.3, -0.25) is 4.18 Å². The molecule has 9 nitrogen and oxygen atoms in total. The SMILES string of the molecule is O=S(=O)([O-])O[C@@H]1[C@H](OCc2ccccc2)[C@@H](OCc2ccccc2)[C@H](OCc2ccccc2)O[C@@H]1CO.[Na+]. The van der Waals surface area contributed by atoms with Gasteiger partial charge in [0.1, 0.15) is 24.4 Å². The molecule has 0 saturated carbocycles. The number of hydrogen-bond acceptors (Lipinski definition) is 9. The normalized spacial score (nSPS) is 23.5. The van der Waals surface area contributed by atoms with E-state index in [9.17, 15) is 18.1 Å². The second kappa shape index (κ2) is 15.2. The number of benzene rings is 3. The zero-order chi connectivity index (χ0) is 26.1. The first-order valence-electron chi connectivity index (χ1n) is 11.8. The minimum absolute atomic E-state index is 0. The zero-order valence-corrected chi connectivity index (χ0v) is 23.8. The van der Waals surface area contributed by atoms with Crippen molar-refractivity contribution in [3.05, 3.63) is 108 Å². The molecular weight excluding hydrogens is 523 g/mol. The van der Waals surface area contributed by atoms with Crippen LogP contribution in [0.4, 0.5) is 0 Å². The Labute approximate surface area is 244 Å². The van der Waals surface area contributed by atoms with E-state index in [-0.39, 0.29) is 49.4 Å². The quantitative estimate of drug-likeness (QED) is 0.187. The van der Waals surface area contributed by atoms with E-state index in [1.54, 1.807) is 0 Å². The molecule has 1 aliphatic rings. The van der Waals surface area contributed by atoms with Gasteiger partial charge in [0.05, 0.1) is 26.4 Å².